The highest BCUT2D eigenvalue weighted by atomic mass is 35.5. The average Bonchev–Trinajstić information content (AvgIpc) is 2.18. The van der Waals surface area contributed by atoms with Crippen LogP contribution in [0.3, 0.4) is 0 Å². The zero-order valence-electron chi connectivity index (χ0n) is 7.62. The minimum Gasteiger partial charge on any atom is -0.437 e. The van der Waals surface area contributed by atoms with Crippen molar-refractivity contribution in [3.05, 3.63) is 41.4 Å². The van der Waals surface area contributed by atoms with Crippen LogP contribution in [-0.2, 0) is 9.47 Å². The third-order valence-corrected chi connectivity index (χ3v) is 1.79. The first-order valence-electron chi connectivity index (χ1n) is 3.84. The third kappa shape index (κ3) is 2.78. The monoisotopic (exact) mass is 212 g/mol. The van der Waals surface area contributed by atoms with E-state index in [1.807, 2.05) is 0 Å². The molecule has 74 valence electrons. The maximum Gasteiger partial charge on any atom is 0.513 e. The van der Waals surface area contributed by atoms with Crippen LogP contribution in [0.15, 0.2) is 30.8 Å². The summed E-state index contributed by atoms with van der Waals surface area (Å²) in [5.74, 6) is 0.230. The number of methoxy groups -OCH3 is 1. The maximum atomic E-state index is 10.7. The molecule has 3 nitrogen and oxygen atoms in total. The van der Waals surface area contributed by atoms with E-state index in [1.54, 1.807) is 24.3 Å². The number of halogens is 1. The molecule has 0 saturated carbocycles. The fraction of sp³-hybridized carbons (Fsp3) is 0.100. The zero-order chi connectivity index (χ0) is 10.6. The van der Waals surface area contributed by atoms with Crippen LogP contribution in [0.5, 0.6) is 0 Å². The third-order valence-electron chi connectivity index (χ3n) is 1.54. The van der Waals surface area contributed by atoms with Gasteiger partial charge in [0.2, 0.25) is 0 Å². The van der Waals surface area contributed by atoms with E-state index < -0.39 is 6.16 Å². The van der Waals surface area contributed by atoms with Gasteiger partial charge < -0.3 is 9.47 Å². The zero-order valence-corrected chi connectivity index (χ0v) is 8.38. The molecular weight excluding hydrogens is 204 g/mol. The summed E-state index contributed by atoms with van der Waals surface area (Å²) in [4.78, 5) is 10.7. The van der Waals surface area contributed by atoms with E-state index in [0.29, 0.717) is 10.6 Å². The summed E-state index contributed by atoms with van der Waals surface area (Å²) < 4.78 is 9.04. The van der Waals surface area contributed by atoms with Gasteiger partial charge in [-0.05, 0) is 24.3 Å². The molecule has 0 atom stereocenters. The van der Waals surface area contributed by atoms with Crippen molar-refractivity contribution in [2.24, 2.45) is 0 Å². The lowest BCUT2D eigenvalue weighted by Gasteiger charge is -2.05. The SMILES string of the molecule is C=C(OC(=O)OC)c1ccc(Cl)cc1. The molecule has 0 N–H and O–H groups in total. The Hall–Kier alpha value is -1.48. The quantitative estimate of drug-likeness (QED) is 0.558. The molecule has 4 heteroatoms. The van der Waals surface area contributed by atoms with Crippen molar-refractivity contribution in [3.8, 4) is 0 Å². The highest BCUT2D eigenvalue weighted by Crippen LogP contribution is 2.17. The topological polar surface area (TPSA) is 35.5 Å². The number of carbonyl (C=O) groups is 1. The van der Waals surface area contributed by atoms with Crippen LogP contribution in [0, 0.1) is 0 Å². The number of benzene rings is 1. The van der Waals surface area contributed by atoms with Gasteiger partial charge in [0.15, 0.2) is 0 Å². The minimum absolute atomic E-state index is 0.230. The Balaban J connectivity index is 2.70. The second kappa shape index (κ2) is 4.67. The van der Waals surface area contributed by atoms with E-state index in [1.165, 1.54) is 7.11 Å². The summed E-state index contributed by atoms with van der Waals surface area (Å²) in [6, 6.07) is 6.77. The summed E-state index contributed by atoms with van der Waals surface area (Å²) in [5, 5.41) is 0.611. The molecule has 0 bridgehead atoms. The second-order valence-electron chi connectivity index (χ2n) is 2.49. The molecule has 0 fully saturated rings. The molecule has 1 aromatic carbocycles. The molecule has 1 rings (SSSR count). The molecule has 0 aliphatic carbocycles. The molecule has 0 spiro atoms. The first-order chi connectivity index (χ1) is 6.63. The first kappa shape index (κ1) is 10.6. The van der Waals surface area contributed by atoms with Crippen molar-refractivity contribution >= 4 is 23.5 Å². The molecule has 0 aliphatic heterocycles. The predicted molar refractivity (Wildman–Crippen MR) is 54.0 cm³/mol. The number of rotatable bonds is 2. The Kier molecular flexibility index (Phi) is 3.54. The van der Waals surface area contributed by atoms with E-state index in [0.717, 1.165) is 0 Å². The van der Waals surface area contributed by atoms with E-state index in [4.69, 9.17) is 16.3 Å². The Labute approximate surface area is 86.9 Å². The fourth-order valence-corrected chi connectivity index (χ4v) is 0.963. The van der Waals surface area contributed by atoms with E-state index >= 15 is 0 Å². The van der Waals surface area contributed by atoms with Gasteiger partial charge in [-0.1, -0.05) is 18.2 Å². The van der Waals surface area contributed by atoms with Gasteiger partial charge in [-0.3, -0.25) is 0 Å². The number of hydrogen-bond donors (Lipinski definition) is 0. The van der Waals surface area contributed by atoms with Crippen molar-refractivity contribution in [2.75, 3.05) is 7.11 Å². The predicted octanol–water partition coefficient (Wildman–Crippen LogP) is 3.09. The summed E-state index contributed by atoms with van der Waals surface area (Å²) in [5.41, 5.74) is 0.680. The standard InChI is InChI=1S/C10H9ClO3/c1-7(14-10(12)13-2)8-3-5-9(11)6-4-8/h3-6H,1H2,2H3. The van der Waals surface area contributed by atoms with Gasteiger partial charge in [0.1, 0.15) is 5.76 Å². The first-order valence-corrected chi connectivity index (χ1v) is 4.22. The fourth-order valence-electron chi connectivity index (χ4n) is 0.837. The van der Waals surface area contributed by atoms with Crippen LogP contribution in [0.4, 0.5) is 4.79 Å². The van der Waals surface area contributed by atoms with E-state index in [9.17, 15) is 4.79 Å². The van der Waals surface area contributed by atoms with Crippen molar-refractivity contribution in [3.63, 3.8) is 0 Å². The van der Waals surface area contributed by atoms with Gasteiger partial charge in [0, 0.05) is 10.6 Å². The summed E-state index contributed by atoms with van der Waals surface area (Å²) in [7, 11) is 1.23. The van der Waals surface area contributed by atoms with Gasteiger partial charge in [-0.2, -0.15) is 0 Å². The molecular formula is C10H9ClO3. The summed E-state index contributed by atoms with van der Waals surface area (Å²) in [6.07, 6.45) is -0.787. The normalized spacial score (nSPS) is 9.29. The highest BCUT2D eigenvalue weighted by molar-refractivity contribution is 6.30. The van der Waals surface area contributed by atoms with Crippen molar-refractivity contribution in [1.29, 1.82) is 0 Å². The number of ether oxygens (including phenoxy) is 2. The second-order valence-corrected chi connectivity index (χ2v) is 2.92. The smallest absolute Gasteiger partial charge is 0.437 e. The van der Waals surface area contributed by atoms with Gasteiger partial charge in [-0.15, -0.1) is 0 Å². The molecule has 0 aliphatic rings. The van der Waals surface area contributed by atoms with Crippen LogP contribution >= 0.6 is 11.6 Å². The Bertz CT molecular complexity index is 343. The highest BCUT2D eigenvalue weighted by Gasteiger charge is 2.06. The number of hydrogen-bond acceptors (Lipinski definition) is 3. The Morgan fingerprint density at radius 1 is 1.36 bits per heavy atom. The lowest BCUT2D eigenvalue weighted by molar-refractivity contribution is 0.112. The minimum atomic E-state index is -0.787. The van der Waals surface area contributed by atoms with E-state index in [2.05, 4.69) is 11.3 Å². The van der Waals surface area contributed by atoms with Gasteiger partial charge in [0.25, 0.3) is 0 Å². The van der Waals surface area contributed by atoms with Crippen LogP contribution in [0.25, 0.3) is 5.76 Å². The molecule has 0 saturated heterocycles. The van der Waals surface area contributed by atoms with Crippen LogP contribution < -0.4 is 0 Å². The van der Waals surface area contributed by atoms with Gasteiger partial charge >= 0.3 is 6.16 Å². The Morgan fingerprint density at radius 3 is 2.43 bits per heavy atom. The molecule has 0 heterocycles. The summed E-state index contributed by atoms with van der Waals surface area (Å²) >= 11 is 5.69. The van der Waals surface area contributed by atoms with E-state index in [-0.39, 0.29) is 5.76 Å². The van der Waals surface area contributed by atoms with Crippen LogP contribution in [-0.4, -0.2) is 13.3 Å². The van der Waals surface area contributed by atoms with Crippen LogP contribution in [0.2, 0.25) is 5.02 Å². The largest absolute Gasteiger partial charge is 0.513 e. The molecule has 0 unspecified atom stereocenters. The number of carbonyl (C=O) groups excluding carboxylic acids is 1. The average molecular weight is 213 g/mol. The molecule has 1 aromatic rings. The summed E-state index contributed by atoms with van der Waals surface area (Å²) in [6.45, 7) is 3.58. The maximum absolute atomic E-state index is 10.7. The lowest BCUT2D eigenvalue weighted by Crippen LogP contribution is -2.02. The van der Waals surface area contributed by atoms with Crippen molar-refractivity contribution in [2.45, 2.75) is 0 Å². The molecule has 0 aromatic heterocycles. The lowest BCUT2D eigenvalue weighted by atomic mass is 10.2. The van der Waals surface area contributed by atoms with Gasteiger partial charge in [-0.25, -0.2) is 4.79 Å². The van der Waals surface area contributed by atoms with Crippen molar-refractivity contribution < 1.29 is 14.3 Å². The van der Waals surface area contributed by atoms with Gasteiger partial charge in [0.05, 0.1) is 7.11 Å². The molecule has 0 radical (unpaired) electrons. The van der Waals surface area contributed by atoms with Crippen LogP contribution in [0.1, 0.15) is 5.56 Å². The Morgan fingerprint density at radius 2 is 1.93 bits per heavy atom. The molecule has 14 heavy (non-hydrogen) atoms. The van der Waals surface area contributed by atoms with Crippen molar-refractivity contribution in [1.82, 2.24) is 0 Å². The molecule has 0 amide bonds.